The highest BCUT2D eigenvalue weighted by atomic mass is 19.1. The van der Waals surface area contributed by atoms with Gasteiger partial charge in [-0.1, -0.05) is 60.7 Å². The van der Waals surface area contributed by atoms with E-state index in [1.54, 1.807) is 12.1 Å². The van der Waals surface area contributed by atoms with Crippen LogP contribution in [0.25, 0.3) is 11.5 Å². The zero-order chi connectivity index (χ0) is 20.1. The van der Waals surface area contributed by atoms with Crippen LogP contribution in [0.1, 0.15) is 22.9 Å². The first-order chi connectivity index (χ1) is 14.2. The summed E-state index contributed by atoms with van der Waals surface area (Å²) in [5, 5.41) is 3.02. The van der Waals surface area contributed by atoms with Crippen molar-refractivity contribution in [2.45, 2.75) is 12.5 Å². The predicted octanol–water partition coefficient (Wildman–Crippen LogP) is 4.93. The molecule has 0 aliphatic rings. The Hall–Kier alpha value is -3.73. The predicted molar refractivity (Wildman–Crippen MR) is 108 cm³/mol. The number of rotatable bonds is 6. The van der Waals surface area contributed by atoms with Crippen LogP contribution in [0.15, 0.2) is 95.6 Å². The SMILES string of the molecule is O=C(Cc1coc(-c2ccccc2)n1)NC(c1ccccc1)c1ccc(F)cc1. The number of hydrogen-bond donors (Lipinski definition) is 1. The molecular formula is C24H19FN2O2. The zero-order valence-corrected chi connectivity index (χ0v) is 15.6. The number of nitrogens with one attached hydrogen (secondary N) is 1. The van der Waals surface area contributed by atoms with Gasteiger partial charge in [-0.05, 0) is 35.4 Å². The second kappa shape index (κ2) is 8.52. The van der Waals surface area contributed by atoms with Gasteiger partial charge in [-0.15, -0.1) is 0 Å². The van der Waals surface area contributed by atoms with Gasteiger partial charge in [0.1, 0.15) is 12.1 Å². The molecule has 4 aromatic rings. The lowest BCUT2D eigenvalue weighted by molar-refractivity contribution is -0.121. The van der Waals surface area contributed by atoms with E-state index < -0.39 is 0 Å². The third kappa shape index (κ3) is 4.58. The molecule has 1 atom stereocenters. The van der Waals surface area contributed by atoms with Crippen LogP contribution in [0.5, 0.6) is 0 Å². The van der Waals surface area contributed by atoms with E-state index in [1.807, 2.05) is 60.7 Å². The van der Waals surface area contributed by atoms with Crippen LogP contribution in [0.2, 0.25) is 0 Å². The Kier molecular flexibility index (Phi) is 5.47. The summed E-state index contributed by atoms with van der Waals surface area (Å²) in [7, 11) is 0. The van der Waals surface area contributed by atoms with Crippen molar-refractivity contribution in [1.29, 1.82) is 0 Å². The van der Waals surface area contributed by atoms with Crippen LogP contribution in [-0.4, -0.2) is 10.9 Å². The summed E-state index contributed by atoms with van der Waals surface area (Å²) < 4.78 is 18.8. The number of halogens is 1. The van der Waals surface area contributed by atoms with E-state index in [4.69, 9.17) is 4.42 Å². The summed E-state index contributed by atoms with van der Waals surface area (Å²) in [5.74, 6) is -0.0365. The lowest BCUT2D eigenvalue weighted by Crippen LogP contribution is -2.30. The molecule has 1 N–H and O–H groups in total. The van der Waals surface area contributed by atoms with E-state index in [0.29, 0.717) is 11.6 Å². The monoisotopic (exact) mass is 386 g/mol. The lowest BCUT2D eigenvalue weighted by atomic mass is 9.98. The van der Waals surface area contributed by atoms with Crippen LogP contribution in [0.4, 0.5) is 4.39 Å². The average molecular weight is 386 g/mol. The van der Waals surface area contributed by atoms with Gasteiger partial charge in [0.25, 0.3) is 0 Å². The molecule has 0 saturated carbocycles. The molecule has 29 heavy (non-hydrogen) atoms. The standard InChI is InChI=1S/C24H19FN2O2/c25-20-13-11-18(12-14-20)23(17-7-3-1-4-8-17)27-22(28)15-21-16-29-24(26-21)19-9-5-2-6-10-19/h1-14,16,23H,15H2,(H,27,28). The molecule has 1 unspecified atom stereocenters. The molecule has 0 saturated heterocycles. The average Bonchev–Trinajstić information content (AvgIpc) is 3.22. The van der Waals surface area contributed by atoms with Gasteiger partial charge < -0.3 is 9.73 Å². The number of hydrogen-bond acceptors (Lipinski definition) is 3. The molecule has 0 fully saturated rings. The highest BCUT2D eigenvalue weighted by Gasteiger charge is 2.18. The van der Waals surface area contributed by atoms with Crippen molar-refractivity contribution < 1.29 is 13.6 Å². The van der Waals surface area contributed by atoms with Gasteiger partial charge in [-0.25, -0.2) is 9.37 Å². The van der Waals surface area contributed by atoms with Gasteiger partial charge in [0, 0.05) is 5.56 Å². The number of aromatic nitrogens is 1. The van der Waals surface area contributed by atoms with E-state index in [0.717, 1.165) is 16.7 Å². The number of carbonyl (C=O) groups excluding carboxylic acids is 1. The third-order valence-corrected chi connectivity index (χ3v) is 4.56. The minimum atomic E-state index is -0.384. The molecule has 5 heteroatoms. The molecule has 0 aliphatic carbocycles. The summed E-state index contributed by atoms with van der Waals surface area (Å²) in [6, 6.07) is 24.8. The first kappa shape index (κ1) is 18.6. The van der Waals surface area contributed by atoms with Gasteiger partial charge in [-0.3, -0.25) is 4.79 Å². The Labute approximate surface area is 168 Å². The largest absolute Gasteiger partial charge is 0.444 e. The van der Waals surface area contributed by atoms with Crippen molar-refractivity contribution in [3.8, 4) is 11.5 Å². The highest BCUT2D eigenvalue weighted by molar-refractivity contribution is 5.79. The van der Waals surface area contributed by atoms with Crippen molar-refractivity contribution in [3.05, 3.63) is 114 Å². The fourth-order valence-electron chi connectivity index (χ4n) is 3.14. The van der Waals surface area contributed by atoms with Crippen molar-refractivity contribution in [2.24, 2.45) is 0 Å². The third-order valence-electron chi connectivity index (χ3n) is 4.56. The quantitative estimate of drug-likeness (QED) is 0.511. The Morgan fingerprint density at radius 1 is 0.897 bits per heavy atom. The minimum Gasteiger partial charge on any atom is -0.444 e. The summed E-state index contributed by atoms with van der Waals surface area (Å²) in [6.07, 6.45) is 1.58. The summed E-state index contributed by atoms with van der Waals surface area (Å²) in [5.41, 5.74) is 3.12. The topological polar surface area (TPSA) is 55.1 Å². The molecule has 0 aliphatic heterocycles. The van der Waals surface area contributed by atoms with Crippen LogP contribution < -0.4 is 5.32 Å². The lowest BCUT2D eigenvalue weighted by Gasteiger charge is -2.19. The van der Waals surface area contributed by atoms with Gasteiger partial charge in [0.15, 0.2) is 0 Å². The number of carbonyl (C=O) groups is 1. The zero-order valence-electron chi connectivity index (χ0n) is 15.6. The Morgan fingerprint density at radius 3 is 2.21 bits per heavy atom. The number of benzene rings is 3. The number of amides is 1. The van der Waals surface area contributed by atoms with E-state index in [1.165, 1.54) is 18.4 Å². The second-order valence-electron chi connectivity index (χ2n) is 6.65. The van der Waals surface area contributed by atoms with Gasteiger partial charge in [0.2, 0.25) is 11.8 Å². The van der Waals surface area contributed by atoms with Crippen molar-refractivity contribution >= 4 is 5.91 Å². The maximum absolute atomic E-state index is 13.3. The maximum Gasteiger partial charge on any atom is 0.226 e. The summed E-state index contributed by atoms with van der Waals surface area (Å²) in [6.45, 7) is 0. The van der Waals surface area contributed by atoms with Crippen molar-refractivity contribution in [3.63, 3.8) is 0 Å². The van der Waals surface area contributed by atoms with Gasteiger partial charge >= 0.3 is 0 Å². The molecule has 1 aromatic heterocycles. The molecular weight excluding hydrogens is 367 g/mol. The first-order valence-electron chi connectivity index (χ1n) is 9.28. The fourth-order valence-corrected chi connectivity index (χ4v) is 3.14. The molecule has 4 nitrogen and oxygen atoms in total. The first-order valence-corrected chi connectivity index (χ1v) is 9.28. The van der Waals surface area contributed by atoms with Crippen LogP contribution in [0.3, 0.4) is 0 Å². The number of oxazole rings is 1. The molecule has 0 bridgehead atoms. The maximum atomic E-state index is 13.3. The highest BCUT2D eigenvalue weighted by Crippen LogP contribution is 2.23. The fraction of sp³-hybridized carbons (Fsp3) is 0.0833. The molecule has 4 rings (SSSR count). The van der Waals surface area contributed by atoms with E-state index in [-0.39, 0.29) is 24.2 Å². The van der Waals surface area contributed by atoms with E-state index in [2.05, 4.69) is 10.3 Å². The summed E-state index contributed by atoms with van der Waals surface area (Å²) in [4.78, 5) is 17.1. The molecule has 1 amide bonds. The molecule has 0 spiro atoms. The Bertz CT molecular complexity index is 1080. The van der Waals surface area contributed by atoms with Crippen LogP contribution >= 0.6 is 0 Å². The molecule has 0 radical (unpaired) electrons. The van der Waals surface area contributed by atoms with Gasteiger partial charge in [0.05, 0.1) is 18.2 Å². The van der Waals surface area contributed by atoms with Gasteiger partial charge in [-0.2, -0.15) is 0 Å². The van der Waals surface area contributed by atoms with Crippen LogP contribution in [0, 0.1) is 5.82 Å². The van der Waals surface area contributed by atoms with Crippen LogP contribution in [-0.2, 0) is 11.2 Å². The summed E-state index contributed by atoms with van der Waals surface area (Å²) >= 11 is 0. The van der Waals surface area contributed by atoms with E-state index >= 15 is 0 Å². The smallest absolute Gasteiger partial charge is 0.226 e. The number of nitrogens with zero attached hydrogens (tertiary/aromatic N) is 1. The molecule has 144 valence electrons. The second-order valence-corrected chi connectivity index (χ2v) is 6.65. The normalized spacial score (nSPS) is 11.8. The Balaban J connectivity index is 1.51. The molecule has 1 heterocycles. The minimum absolute atomic E-state index is 0.0842. The van der Waals surface area contributed by atoms with Crippen molar-refractivity contribution in [1.82, 2.24) is 10.3 Å². The molecule has 3 aromatic carbocycles. The van der Waals surface area contributed by atoms with E-state index in [9.17, 15) is 9.18 Å². The van der Waals surface area contributed by atoms with Crippen molar-refractivity contribution in [2.75, 3.05) is 0 Å². The Morgan fingerprint density at radius 2 is 1.52 bits per heavy atom.